The van der Waals surface area contributed by atoms with E-state index in [0.29, 0.717) is 5.96 Å². The number of carbonyl (C=O) groups is 1. The fourth-order valence-electron chi connectivity index (χ4n) is 3.58. The Kier molecular flexibility index (Phi) is 8.10. The average molecular weight is 415 g/mol. The maximum atomic E-state index is 11.9. The molecule has 0 bridgehead atoms. The zero-order chi connectivity index (χ0) is 21.3. The number of ether oxygens (including phenoxy) is 1. The molecular formula is C22H34N6O2. The number of amides is 1. The summed E-state index contributed by atoms with van der Waals surface area (Å²) in [7, 11) is 3.49. The molecule has 164 valence electrons. The van der Waals surface area contributed by atoms with Gasteiger partial charge in [0.15, 0.2) is 5.96 Å². The maximum absolute atomic E-state index is 11.9. The van der Waals surface area contributed by atoms with Gasteiger partial charge in [-0.05, 0) is 30.5 Å². The number of aliphatic imine (C=N–C) groups is 1. The number of hydrogen-bond donors (Lipinski definition) is 3. The number of rotatable bonds is 8. The van der Waals surface area contributed by atoms with Crippen molar-refractivity contribution >= 4 is 22.8 Å². The Morgan fingerprint density at radius 2 is 2.00 bits per heavy atom. The maximum Gasteiger partial charge on any atom is 0.243 e. The summed E-state index contributed by atoms with van der Waals surface area (Å²) in [6.07, 6.45) is 2.95. The lowest BCUT2D eigenvalue weighted by Crippen LogP contribution is -2.45. The number of morpholine rings is 1. The summed E-state index contributed by atoms with van der Waals surface area (Å²) >= 11 is 0. The predicted octanol–water partition coefficient (Wildman–Crippen LogP) is 0.974. The molecule has 8 heteroatoms. The number of nitrogens with zero attached hydrogens (tertiary/aromatic N) is 3. The van der Waals surface area contributed by atoms with Crippen molar-refractivity contribution in [1.29, 1.82) is 0 Å². The standard InChI is InChI=1S/C22H34N6O2/c1-17-5-4-6-19-21(17)18(15-25-19)7-8-23-22(26-16-20(29)27(2)3)24-9-10-28-11-13-30-14-12-28/h4-6,15,25H,7-14,16H2,1-3H3,(H2,23,24,26). The van der Waals surface area contributed by atoms with Crippen LogP contribution < -0.4 is 10.6 Å². The van der Waals surface area contributed by atoms with Crippen molar-refractivity contribution in [3.05, 3.63) is 35.5 Å². The minimum absolute atomic E-state index is 0.0171. The Balaban J connectivity index is 1.55. The first-order valence-electron chi connectivity index (χ1n) is 10.6. The number of likely N-dealkylation sites (N-methyl/N-ethyl adjacent to an activating group) is 1. The molecule has 1 amide bonds. The van der Waals surface area contributed by atoms with Crippen LogP contribution in [0.25, 0.3) is 10.9 Å². The van der Waals surface area contributed by atoms with Gasteiger partial charge < -0.3 is 25.3 Å². The monoisotopic (exact) mass is 414 g/mol. The van der Waals surface area contributed by atoms with E-state index in [1.807, 2.05) is 0 Å². The highest BCUT2D eigenvalue weighted by Gasteiger charge is 2.11. The molecular weight excluding hydrogens is 380 g/mol. The van der Waals surface area contributed by atoms with E-state index in [2.05, 4.69) is 56.8 Å². The van der Waals surface area contributed by atoms with E-state index in [-0.39, 0.29) is 12.5 Å². The summed E-state index contributed by atoms with van der Waals surface area (Å²) < 4.78 is 5.40. The molecule has 0 radical (unpaired) electrons. The van der Waals surface area contributed by atoms with E-state index in [4.69, 9.17) is 4.74 Å². The van der Waals surface area contributed by atoms with Crippen molar-refractivity contribution in [2.24, 2.45) is 4.99 Å². The van der Waals surface area contributed by atoms with Crippen LogP contribution in [0.4, 0.5) is 0 Å². The SMILES string of the molecule is Cc1cccc2[nH]cc(CCNC(=NCC(=O)N(C)C)NCCN3CCOCC3)c12. The molecule has 0 saturated carbocycles. The molecule has 1 aromatic heterocycles. The highest BCUT2D eigenvalue weighted by atomic mass is 16.5. The third-order valence-electron chi connectivity index (χ3n) is 5.38. The Bertz CT molecular complexity index is 854. The van der Waals surface area contributed by atoms with E-state index >= 15 is 0 Å². The summed E-state index contributed by atoms with van der Waals surface area (Å²) in [5, 5.41) is 8.05. The lowest BCUT2D eigenvalue weighted by molar-refractivity contribution is -0.127. The van der Waals surface area contributed by atoms with Crippen LogP contribution >= 0.6 is 0 Å². The van der Waals surface area contributed by atoms with E-state index in [0.717, 1.165) is 52.4 Å². The molecule has 1 aromatic carbocycles. The number of aromatic nitrogens is 1. The minimum atomic E-state index is -0.0171. The number of nitrogens with one attached hydrogen (secondary N) is 3. The number of fused-ring (bicyclic) bond motifs is 1. The number of aryl methyl sites for hydroxylation is 1. The number of benzene rings is 1. The summed E-state index contributed by atoms with van der Waals surface area (Å²) in [5.74, 6) is 0.659. The molecule has 3 N–H and O–H groups in total. The molecule has 3 rings (SSSR count). The van der Waals surface area contributed by atoms with Crippen LogP contribution in [0.1, 0.15) is 11.1 Å². The first-order chi connectivity index (χ1) is 14.5. The molecule has 1 saturated heterocycles. The zero-order valence-electron chi connectivity index (χ0n) is 18.3. The van der Waals surface area contributed by atoms with Crippen molar-refractivity contribution in [3.8, 4) is 0 Å². The highest BCUT2D eigenvalue weighted by molar-refractivity contribution is 5.87. The first kappa shape index (κ1) is 22.1. The molecule has 2 heterocycles. The van der Waals surface area contributed by atoms with Gasteiger partial charge in [0.05, 0.1) is 13.2 Å². The largest absolute Gasteiger partial charge is 0.379 e. The minimum Gasteiger partial charge on any atom is -0.379 e. The van der Waals surface area contributed by atoms with Crippen LogP contribution in [0.5, 0.6) is 0 Å². The third kappa shape index (κ3) is 6.21. The third-order valence-corrected chi connectivity index (χ3v) is 5.38. The van der Waals surface area contributed by atoms with Gasteiger partial charge in [-0.15, -0.1) is 0 Å². The summed E-state index contributed by atoms with van der Waals surface area (Å²) in [6, 6.07) is 6.31. The summed E-state index contributed by atoms with van der Waals surface area (Å²) in [6.45, 7) is 8.21. The van der Waals surface area contributed by atoms with Crippen molar-refractivity contribution in [2.45, 2.75) is 13.3 Å². The van der Waals surface area contributed by atoms with Gasteiger partial charge in [0.1, 0.15) is 6.54 Å². The molecule has 8 nitrogen and oxygen atoms in total. The number of aromatic amines is 1. The number of hydrogen-bond acceptors (Lipinski definition) is 4. The Morgan fingerprint density at radius 1 is 1.23 bits per heavy atom. The van der Waals surface area contributed by atoms with E-state index in [1.165, 1.54) is 22.0 Å². The molecule has 30 heavy (non-hydrogen) atoms. The molecule has 2 aromatic rings. The topological polar surface area (TPSA) is 85.0 Å². The second kappa shape index (κ2) is 11.0. The summed E-state index contributed by atoms with van der Waals surface area (Å²) in [5.41, 5.74) is 3.73. The van der Waals surface area contributed by atoms with E-state index in [9.17, 15) is 4.79 Å². The van der Waals surface area contributed by atoms with Crippen LogP contribution in [-0.4, -0.2) is 93.2 Å². The highest BCUT2D eigenvalue weighted by Crippen LogP contribution is 2.22. The van der Waals surface area contributed by atoms with Crippen LogP contribution in [0.3, 0.4) is 0 Å². The molecule has 0 aliphatic carbocycles. The number of guanidine groups is 1. The summed E-state index contributed by atoms with van der Waals surface area (Å²) in [4.78, 5) is 23.7. The fraction of sp³-hybridized carbons (Fsp3) is 0.545. The average Bonchev–Trinajstić information content (AvgIpc) is 3.16. The lowest BCUT2D eigenvalue weighted by atomic mass is 10.1. The normalized spacial score (nSPS) is 15.4. The van der Waals surface area contributed by atoms with Gasteiger partial charge in [0.25, 0.3) is 0 Å². The van der Waals surface area contributed by atoms with Gasteiger partial charge >= 0.3 is 0 Å². The van der Waals surface area contributed by atoms with E-state index in [1.54, 1.807) is 19.0 Å². The van der Waals surface area contributed by atoms with Crippen LogP contribution in [0.2, 0.25) is 0 Å². The Hall–Kier alpha value is -2.58. The molecule has 1 fully saturated rings. The second-order valence-electron chi connectivity index (χ2n) is 7.82. The van der Waals surface area contributed by atoms with Crippen molar-refractivity contribution in [3.63, 3.8) is 0 Å². The quantitative estimate of drug-likeness (QED) is 0.443. The van der Waals surface area contributed by atoms with Crippen molar-refractivity contribution in [1.82, 2.24) is 25.4 Å². The van der Waals surface area contributed by atoms with E-state index < -0.39 is 0 Å². The van der Waals surface area contributed by atoms with Crippen LogP contribution in [-0.2, 0) is 16.0 Å². The number of H-pyrrole nitrogens is 1. The molecule has 0 unspecified atom stereocenters. The van der Waals surface area contributed by atoms with Gasteiger partial charge in [-0.1, -0.05) is 12.1 Å². The molecule has 0 spiro atoms. The van der Waals surface area contributed by atoms with Crippen molar-refractivity contribution in [2.75, 3.05) is 66.6 Å². The van der Waals surface area contributed by atoms with Gasteiger partial charge in [-0.2, -0.15) is 0 Å². The second-order valence-corrected chi connectivity index (χ2v) is 7.82. The zero-order valence-corrected chi connectivity index (χ0v) is 18.3. The molecule has 1 aliphatic heterocycles. The van der Waals surface area contributed by atoms with Gasteiger partial charge in [0.2, 0.25) is 5.91 Å². The lowest BCUT2D eigenvalue weighted by Gasteiger charge is -2.26. The van der Waals surface area contributed by atoms with Crippen molar-refractivity contribution < 1.29 is 9.53 Å². The molecule has 0 atom stereocenters. The van der Waals surface area contributed by atoms with Crippen LogP contribution in [0, 0.1) is 6.92 Å². The number of carbonyl (C=O) groups excluding carboxylic acids is 1. The Labute approximate surface area is 178 Å². The fourth-order valence-corrected chi connectivity index (χ4v) is 3.58. The van der Waals surface area contributed by atoms with Gasteiger partial charge in [-0.3, -0.25) is 9.69 Å². The Morgan fingerprint density at radius 3 is 2.77 bits per heavy atom. The van der Waals surface area contributed by atoms with Gasteiger partial charge in [-0.25, -0.2) is 4.99 Å². The smallest absolute Gasteiger partial charge is 0.243 e. The van der Waals surface area contributed by atoms with Gasteiger partial charge in [0, 0.05) is 63.9 Å². The first-order valence-corrected chi connectivity index (χ1v) is 10.6. The molecule has 1 aliphatic rings. The van der Waals surface area contributed by atoms with Crippen LogP contribution in [0.15, 0.2) is 29.4 Å². The predicted molar refractivity (Wildman–Crippen MR) is 121 cm³/mol.